The maximum atomic E-state index is 12.7. The lowest BCUT2D eigenvalue weighted by molar-refractivity contribution is -0.141. The number of benzene rings is 1. The molecule has 0 atom stereocenters. The summed E-state index contributed by atoms with van der Waals surface area (Å²) in [7, 11) is 1.28. The molecule has 8 heteroatoms. The Hall–Kier alpha value is -2.61. The van der Waals surface area contributed by atoms with Crippen LogP contribution in [0.25, 0.3) is 11.3 Å². The van der Waals surface area contributed by atoms with Gasteiger partial charge in [-0.15, -0.1) is 0 Å². The van der Waals surface area contributed by atoms with Crippen molar-refractivity contribution in [2.75, 3.05) is 11.8 Å². The number of pyridine rings is 1. The van der Waals surface area contributed by atoms with Gasteiger partial charge in [-0.3, -0.25) is 0 Å². The molecular formula is C17H14F3N3OS. The first kappa shape index (κ1) is 17.2. The smallest absolute Gasteiger partial charge is 0.433 e. The summed E-state index contributed by atoms with van der Waals surface area (Å²) in [5.74, 6) is -0.110. The number of nitrogens with one attached hydrogen (secondary N) is 2. The van der Waals surface area contributed by atoms with Crippen molar-refractivity contribution in [1.29, 1.82) is 0 Å². The van der Waals surface area contributed by atoms with Crippen LogP contribution in [0.1, 0.15) is 5.69 Å². The van der Waals surface area contributed by atoms with Crippen LogP contribution < -0.4 is 9.46 Å². The highest BCUT2D eigenvalue weighted by Crippen LogP contribution is 2.34. The minimum Gasteiger partial charge on any atom is -0.479 e. The van der Waals surface area contributed by atoms with Gasteiger partial charge in [0.2, 0.25) is 5.88 Å². The van der Waals surface area contributed by atoms with E-state index in [0.717, 1.165) is 22.2 Å². The predicted octanol–water partition coefficient (Wildman–Crippen LogP) is 5.22. The van der Waals surface area contributed by atoms with Gasteiger partial charge in [-0.1, -0.05) is 30.3 Å². The Balaban J connectivity index is 1.73. The number of ether oxygens (including phenoxy) is 1. The lowest BCUT2D eigenvalue weighted by atomic mass is 10.2. The van der Waals surface area contributed by atoms with E-state index in [4.69, 9.17) is 4.74 Å². The van der Waals surface area contributed by atoms with E-state index in [0.29, 0.717) is 5.69 Å². The molecule has 2 aromatic heterocycles. The number of aromatic amines is 1. The molecule has 0 unspecified atom stereocenters. The van der Waals surface area contributed by atoms with E-state index in [2.05, 4.69) is 14.7 Å². The molecule has 0 radical (unpaired) electrons. The highest BCUT2D eigenvalue weighted by molar-refractivity contribution is 8.00. The minimum atomic E-state index is -4.51. The molecule has 0 spiro atoms. The molecule has 0 amide bonds. The quantitative estimate of drug-likeness (QED) is 0.609. The Morgan fingerprint density at radius 2 is 1.88 bits per heavy atom. The maximum Gasteiger partial charge on any atom is 0.433 e. The molecule has 130 valence electrons. The molecule has 0 saturated carbocycles. The number of halogens is 3. The topological polar surface area (TPSA) is 49.9 Å². The lowest BCUT2D eigenvalue weighted by Crippen LogP contribution is -2.09. The van der Waals surface area contributed by atoms with E-state index < -0.39 is 11.9 Å². The monoisotopic (exact) mass is 365 g/mol. The molecule has 1 aromatic carbocycles. The zero-order chi connectivity index (χ0) is 17.9. The molecular weight excluding hydrogens is 351 g/mol. The van der Waals surface area contributed by atoms with Crippen LogP contribution >= 0.6 is 11.9 Å². The first-order valence-corrected chi connectivity index (χ1v) is 8.08. The van der Waals surface area contributed by atoms with Gasteiger partial charge >= 0.3 is 6.18 Å². The molecule has 0 bridgehead atoms. The second-order valence-electron chi connectivity index (χ2n) is 5.07. The lowest BCUT2D eigenvalue weighted by Gasteiger charge is -2.12. The van der Waals surface area contributed by atoms with E-state index in [1.54, 1.807) is 0 Å². The van der Waals surface area contributed by atoms with E-state index in [-0.39, 0.29) is 5.88 Å². The summed E-state index contributed by atoms with van der Waals surface area (Å²) in [6.07, 6.45) is -2.70. The van der Waals surface area contributed by atoms with Gasteiger partial charge in [-0.25, -0.2) is 4.98 Å². The van der Waals surface area contributed by atoms with Crippen LogP contribution in [-0.2, 0) is 6.18 Å². The first-order chi connectivity index (χ1) is 12.0. The first-order valence-electron chi connectivity index (χ1n) is 7.26. The molecule has 0 fully saturated rings. The van der Waals surface area contributed by atoms with Crippen LogP contribution in [0, 0.1) is 0 Å². The Morgan fingerprint density at radius 3 is 2.56 bits per heavy atom. The molecule has 3 rings (SSSR count). The third-order valence-electron chi connectivity index (χ3n) is 3.36. The van der Waals surface area contributed by atoms with Crippen molar-refractivity contribution >= 4 is 17.6 Å². The summed E-state index contributed by atoms with van der Waals surface area (Å²) in [6.45, 7) is 0. The van der Waals surface area contributed by atoms with Gasteiger partial charge in [0.1, 0.15) is 11.4 Å². The molecule has 0 aliphatic rings. The fraction of sp³-hybridized carbons (Fsp3) is 0.118. The summed E-state index contributed by atoms with van der Waals surface area (Å²) in [6, 6.07) is 13.9. The van der Waals surface area contributed by atoms with Crippen molar-refractivity contribution in [2.24, 2.45) is 0 Å². The average Bonchev–Trinajstić information content (AvgIpc) is 3.08. The average molecular weight is 365 g/mol. The number of anilines is 1. The second kappa shape index (κ2) is 7.10. The summed E-state index contributed by atoms with van der Waals surface area (Å²) in [5.41, 5.74) is 1.36. The van der Waals surface area contributed by atoms with Crippen molar-refractivity contribution in [2.45, 2.75) is 11.1 Å². The molecule has 0 saturated heterocycles. The van der Waals surface area contributed by atoms with Crippen LogP contribution in [0.2, 0.25) is 0 Å². The summed E-state index contributed by atoms with van der Waals surface area (Å²) in [5, 5.41) is 0. The van der Waals surface area contributed by atoms with Crippen LogP contribution in [0.4, 0.5) is 18.9 Å². The highest BCUT2D eigenvalue weighted by Gasteiger charge is 2.33. The normalized spacial score (nSPS) is 11.4. The van der Waals surface area contributed by atoms with Gasteiger partial charge < -0.3 is 14.4 Å². The fourth-order valence-corrected chi connectivity index (χ4v) is 2.84. The fourth-order valence-electron chi connectivity index (χ4n) is 2.16. The van der Waals surface area contributed by atoms with Gasteiger partial charge in [-0.05, 0) is 35.7 Å². The Morgan fingerprint density at radius 1 is 1.12 bits per heavy atom. The molecule has 4 nitrogen and oxygen atoms in total. The van der Waals surface area contributed by atoms with E-state index >= 15 is 0 Å². The molecule has 25 heavy (non-hydrogen) atoms. The minimum absolute atomic E-state index is 0.110. The molecule has 2 heterocycles. The van der Waals surface area contributed by atoms with Gasteiger partial charge in [0.25, 0.3) is 0 Å². The predicted molar refractivity (Wildman–Crippen MR) is 91.5 cm³/mol. The number of methoxy groups -OCH3 is 1. The van der Waals surface area contributed by atoms with E-state index in [1.807, 2.05) is 42.6 Å². The van der Waals surface area contributed by atoms with Crippen LogP contribution in [0.15, 0.2) is 59.6 Å². The number of H-pyrrole nitrogens is 1. The number of hydrogen-bond acceptors (Lipinski definition) is 4. The third kappa shape index (κ3) is 4.08. The number of rotatable bonds is 5. The summed E-state index contributed by atoms with van der Waals surface area (Å²) >= 11 is 1.25. The van der Waals surface area contributed by atoms with E-state index in [9.17, 15) is 13.2 Å². The van der Waals surface area contributed by atoms with Crippen molar-refractivity contribution in [1.82, 2.24) is 9.97 Å². The van der Waals surface area contributed by atoms with Crippen molar-refractivity contribution in [3.8, 4) is 17.1 Å². The Kier molecular flexibility index (Phi) is 4.89. The number of nitrogens with zero attached hydrogens (tertiary/aromatic N) is 1. The maximum absolute atomic E-state index is 12.7. The SMILES string of the molecule is COc1nc(C(F)(F)F)ccc1NSc1c[nH]c(-c2ccccc2)c1. The Bertz CT molecular complexity index is 850. The van der Waals surface area contributed by atoms with Gasteiger partial charge in [0, 0.05) is 16.8 Å². The molecule has 0 aliphatic heterocycles. The van der Waals surface area contributed by atoms with Crippen molar-refractivity contribution in [3.05, 3.63) is 60.4 Å². The standard InChI is InChI=1S/C17H14F3N3OS/c1-24-16-13(7-8-15(22-16)17(18,19)20)23-25-12-9-14(21-10-12)11-5-3-2-4-6-11/h2-10,21,23H,1H3. The Labute approximate surface area is 146 Å². The van der Waals surface area contributed by atoms with Crippen LogP contribution in [0.3, 0.4) is 0 Å². The zero-order valence-electron chi connectivity index (χ0n) is 13.1. The van der Waals surface area contributed by atoms with Crippen molar-refractivity contribution in [3.63, 3.8) is 0 Å². The molecule has 0 aliphatic carbocycles. The molecule has 2 N–H and O–H groups in total. The van der Waals surface area contributed by atoms with Gasteiger partial charge in [0.05, 0.1) is 7.11 Å². The summed E-state index contributed by atoms with van der Waals surface area (Å²) < 4.78 is 46.0. The zero-order valence-corrected chi connectivity index (χ0v) is 13.9. The highest BCUT2D eigenvalue weighted by atomic mass is 32.2. The largest absolute Gasteiger partial charge is 0.479 e. The van der Waals surface area contributed by atoms with Gasteiger partial charge in [-0.2, -0.15) is 13.2 Å². The van der Waals surface area contributed by atoms with E-state index in [1.165, 1.54) is 25.1 Å². The number of alkyl halides is 3. The van der Waals surface area contributed by atoms with Gasteiger partial charge in [0.15, 0.2) is 0 Å². The number of hydrogen-bond donors (Lipinski definition) is 2. The number of aromatic nitrogens is 2. The third-order valence-corrected chi connectivity index (χ3v) is 4.16. The van der Waals surface area contributed by atoms with Crippen molar-refractivity contribution < 1.29 is 17.9 Å². The van der Waals surface area contributed by atoms with Crippen LogP contribution in [0.5, 0.6) is 5.88 Å². The second-order valence-corrected chi connectivity index (χ2v) is 5.95. The summed E-state index contributed by atoms with van der Waals surface area (Å²) in [4.78, 5) is 7.53. The molecule has 3 aromatic rings. The van der Waals surface area contributed by atoms with Crippen LogP contribution in [-0.4, -0.2) is 17.1 Å².